The maximum atomic E-state index is 11.4. The van der Waals surface area contributed by atoms with Gasteiger partial charge in [0.15, 0.2) is 0 Å². The molecule has 0 spiro atoms. The van der Waals surface area contributed by atoms with Crippen molar-refractivity contribution in [3.63, 3.8) is 0 Å². The van der Waals surface area contributed by atoms with Crippen molar-refractivity contribution < 1.29 is 14.3 Å². The summed E-state index contributed by atoms with van der Waals surface area (Å²) >= 11 is 0. The Bertz CT molecular complexity index is 661. The van der Waals surface area contributed by atoms with E-state index in [1.807, 2.05) is 0 Å². The first-order valence-electron chi connectivity index (χ1n) is 5.28. The van der Waals surface area contributed by atoms with Crippen LogP contribution < -0.4 is 17.1 Å². The van der Waals surface area contributed by atoms with Crippen LogP contribution in [0.2, 0.25) is 0 Å². The van der Waals surface area contributed by atoms with Crippen molar-refractivity contribution in [1.29, 1.82) is 0 Å². The monoisotopic (exact) mass is 248 g/mol. The third kappa shape index (κ3) is 2.39. The largest absolute Gasteiger partial charge is 0.477 e. The van der Waals surface area contributed by atoms with Crippen molar-refractivity contribution >= 4 is 16.9 Å². The molecule has 6 nitrogen and oxygen atoms in total. The number of rotatable bonds is 3. The van der Waals surface area contributed by atoms with Gasteiger partial charge < -0.3 is 21.0 Å². The molecule has 2 rings (SSSR count). The van der Waals surface area contributed by atoms with Crippen LogP contribution in [-0.2, 0) is 6.42 Å². The second kappa shape index (κ2) is 4.59. The van der Waals surface area contributed by atoms with Crippen LogP contribution in [0.4, 0.5) is 0 Å². The number of benzene rings is 1. The first-order chi connectivity index (χ1) is 8.47. The zero-order chi connectivity index (χ0) is 13.3. The molecule has 6 heteroatoms. The first kappa shape index (κ1) is 12.3. The highest BCUT2D eigenvalue weighted by molar-refractivity contribution is 5.91. The summed E-state index contributed by atoms with van der Waals surface area (Å²) in [5, 5.41) is 9.35. The average molecular weight is 248 g/mol. The predicted octanol–water partition coefficient (Wildman–Crippen LogP) is 0.277. The quantitative estimate of drug-likeness (QED) is 0.530. The Morgan fingerprint density at radius 3 is 2.67 bits per heavy atom. The van der Waals surface area contributed by atoms with Crippen LogP contribution in [-0.4, -0.2) is 17.2 Å². The van der Waals surface area contributed by atoms with Crippen LogP contribution in [0.3, 0.4) is 0 Å². The van der Waals surface area contributed by atoms with Gasteiger partial charge in [-0.25, -0.2) is 9.59 Å². The lowest BCUT2D eigenvalue weighted by Crippen LogP contribution is -2.32. The molecule has 1 heterocycles. The second-order valence-electron chi connectivity index (χ2n) is 3.99. The van der Waals surface area contributed by atoms with E-state index in [9.17, 15) is 9.59 Å². The molecule has 0 saturated carbocycles. The topological polar surface area (TPSA) is 120 Å². The molecule has 94 valence electrons. The molecule has 2 aromatic rings. The maximum absolute atomic E-state index is 11.4. The summed E-state index contributed by atoms with van der Waals surface area (Å²) in [7, 11) is 0. The summed E-state index contributed by atoms with van der Waals surface area (Å²) in [6, 6.07) is 6.36. The summed E-state index contributed by atoms with van der Waals surface area (Å²) in [6.45, 7) is 0. The lowest BCUT2D eigenvalue weighted by atomic mass is 10.1. The zero-order valence-electron chi connectivity index (χ0n) is 9.42. The SMILES string of the molecule is NC(N)Cc1ccc2cc(C(=O)O)c(=O)oc2c1. The van der Waals surface area contributed by atoms with Gasteiger partial charge in [0.2, 0.25) is 0 Å². The van der Waals surface area contributed by atoms with Gasteiger partial charge in [0, 0.05) is 11.8 Å². The van der Waals surface area contributed by atoms with Gasteiger partial charge in [-0.15, -0.1) is 0 Å². The van der Waals surface area contributed by atoms with Crippen molar-refractivity contribution in [3.8, 4) is 0 Å². The Balaban J connectivity index is 2.56. The molecule has 0 atom stereocenters. The van der Waals surface area contributed by atoms with Crippen molar-refractivity contribution in [2.24, 2.45) is 11.5 Å². The van der Waals surface area contributed by atoms with E-state index >= 15 is 0 Å². The Kier molecular flexibility index (Phi) is 3.14. The molecule has 1 aromatic carbocycles. The van der Waals surface area contributed by atoms with Gasteiger partial charge in [-0.2, -0.15) is 0 Å². The Labute approximate surface area is 102 Å². The molecule has 0 radical (unpaired) electrons. The number of carboxylic acids is 1. The molecule has 0 aliphatic carbocycles. The van der Waals surface area contributed by atoms with E-state index in [-0.39, 0.29) is 5.56 Å². The molecule has 5 N–H and O–H groups in total. The highest BCUT2D eigenvalue weighted by Crippen LogP contribution is 2.16. The smallest absolute Gasteiger partial charge is 0.351 e. The van der Waals surface area contributed by atoms with E-state index in [2.05, 4.69) is 0 Å². The average Bonchev–Trinajstić information content (AvgIpc) is 2.26. The number of hydrogen-bond acceptors (Lipinski definition) is 5. The van der Waals surface area contributed by atoms with Gasteiger partial charge in [-0.1, -0.05) is 12.1 Å². The van der Waals surface area contributed by atoms with Crippen LogP contribution in [0, 0.1) is 0 Å². The van der Waals surface area contributed by atoms with E-state index in [0.29, 0.717) is 17.4 Å². The predicted molar refractivity (Wildman–Crippen MR) is 65.3 cm³/mol. The minimum atomic E-state index is -1.31. The minimum absolute atomic E-state index is 0.322. The van der Waals surface area contributed by atoms with Gasteiger partial charge in [0.1, 0.15) is 11.1 Å². The van der Waals surface area contributed by atoms with Crippen LogP contribution in [0.1, 0.15) is 15.9 Å². The van der Waals surface area contributed by atoms with E-state index in [0.717, 1.165) is 5.56 Å². The standard InChI is InChI=1S/C12H12N2O4/c13-10(14)4-6-1-2-7-5-8(11(15)16)12(17)18-9(7)3-6/h1-3,5,10H,4,13-14H2,(H,15,16). The zero-order valence-corrected chi connectivity index (χ0v) is 9.42. The maximum Gasteiger partial charge on any atom is 0.351 e. The first-order valence-corrected chi connectivity index (χ1v) is 5.28. The van der Waals surface area contributed by atoms with Gasteiger partial charge >= 0.3 is 11.6 Å². The third-order valence-corrected chi connectivity index (χ3v) is 2.50. The van der Waals surface area contributed by atoms with Gasteiger partial charge in [0.25, 0.3) is 0 Å². The Morgan fingerprint density at radius 1 is 1.33 bits per heavy atom. The molecule has 18 heavy (non-hydrogen) atoms. The van der Waals surface area contributed by atoms with Crippen molar-refractivity contribution in [2.75, 3.05) is 0 Å². The number of carbonyl (C=O) groups is 1. The minimum Gasteiger partial charge on any atom is -0.477 e. The lowest BCUT2D eigenvalue weighted by molar-refractivity contribution is 0.0692. The molecular formula is C12H12N2O4. The molecule has 0 amide bonds. The van der Waals surface area contributed by atoms with Gasteiger partial charge in [0.05, 0.1) is 6.17 Å². The summed E-state index contributed by atoms with van der Waals surface area (Å²) in [4.78, 5) is 22.2. The van der Waals surface area contributed by atoms with Crippen molar-refractivity contribution in [1.82, 2.24) is 0 Å². The molecule has 0 unspecified atom stereocenters. The van der Waals surface area contributed by atoms with Crippen LogP contribution in [0.5, 0.6) is 0 Å². The van der Waals surface area contributed by atoms with E-state index in [4.69, 9.17) is 21.0 Å². The van der Waals surface area contributed by atoms with E-state index < -0.39 is 17.8 Å². The normalized spacial score (nSPS) is 11.1. The number of hydrogen-bond donors (Lipinski definition) is 3. The second-order valence-corrected chi connectivity index (χ2v) is 3.99. The van der Waals surface area contributed by atoms with Crippen molar-refractivity contribution in [3.05, 3.63) is 45.8 Å². The molecule has 0 bridgehead atoms. The molecule has 0 aliphatic heterocycles. The molecule has 1 aromatic heterocycles. The van der Waals surface area contributed by atoms with Gasteiger partial charge in [-0.3, -0.25) is 0 Å². The molecule has 0 saturated heterocycles. The molecule has 0 aliphatic rings. The van der Waals surface area contributed by atoms with Crippen LogP contribution >= 0.6 is 0 Å². The lowest BCUT2D eigenvalue weighted by Gasteiger charge is -2.06. The number of nitrogens with two attached hydrogens (primary N) is 2. The summed E-state index contributed by atoms with van der Waals surface area (Å²) in [6.07, 6.45) is -0.0483. The fourth-order valence-electron chi connectivity index (χ4n) is 1.70. The van der Waals surface area contributed by atoms with Crippen LogP contribution in [0.15, 0.2) is 33.5 Å². The van der Waals surface area contributed by atoms with E-state index in [1.54, 1.807) is 18.2 Å². The third-order valence-electron chi connectivity index (χ3n) is 2.50. The number of fused-ring (bicyclic) bond motifs is 1. The number of aromatic carboxylic acids is 1. The summed E-state index contributed by atoms with van der Waals surface area (Å²) in [5.74, 6) is -1.31. The summed E-state index contributed by atoms with van der Waals surface area (Å²) < 4.78 is 4.96. The Morgan fingerprint density at radius 2 is 2.06 bits per heavy atom. The van der Waals surface area contributed by atoms with Crippen molar-refractivity contribution in [2.45, 2.75) is 12.6 Å². The number of carboxylic acid groups (broad SMARTS) is 1. The van der Waals surface area contributed by atoms with Crippen LogP contribution in [0.25, 0.3) is 11.0 Å². The molecular weight excluding hydrogens is 236 g/mol. The highest BCUT2D eigenvalue weighted by Gasteiger charge is 2.12. The fourth-order valence-corrected chi connectivity index (χ4v) is 1.70. The molecule has 0 fully saturated rings. The highest BCUT2D eigenvalue weighted by atomic mass is 16.4. The summed E-state index contributed by atoms with van der Waals surface area (Å²) in [5.41, 5.74) is 10.8. The Hall–Kier alpha value is -2.18. The van der Waals surface area contributed by atoms with E-state index in [1.165, 1.54) is 6.07 Å². The fraction of sp³-hybridized carbons (Fsp3) is 0.167. The van der Waals surface area contributed by atoms with Gasteiger partial charge in [-0.05, 0) is 17.7 Å².